The molecule has 0 radical (unpaired) electrons. The molecule has 188 valence electrons. The van der Waals surface area contributed by atoms with E-state index in [4.69, 9.17) is 4.74 Å². The van der Waals surface area contributed by atoms with Crippen molar-refractivity contribution in [2.45, 2.75) is 70.3 Å². The Labute approximate surface area is 198 Å². The number of carbonyl (C=O) groups is 1. The van der Waals surface area contributed by atoms with E-state index in [-0.39, 0.29) is 61.1 Å². The lowest BCUT2D eigenvalue weighted by molar-refractivity contribution is -0.137. The third kappa shape index (κ3) is 6.14. The minimum Gasteiger partial charge on any atom is -0.477 e. The third-order valence-corrected chi connectivity index (χ3v) is 6.95. The van der Waals surface area contributed by atoms with Gasteiger partial charge in [-0.3, -0.25) is 4.79 Å². The van der Waals surface area contributed by atoms with Crippen LogP contribution in [0.4, 0.5) is 13.2 Å². The van der Waals surface area contributed by atoms with Gasteiger partial charge in [-0.25, -0.2) is 4.68 Å². The number of nitrogens with one attached hydrogen (secondary N) is 2. The van der Waals surface area contributed by atoms with E-state index in [1.807, 2.05) is 13.8 Å². The van der Waals surface area contributed by atoms with Crippen LogP contribution in [-0.2, 0) is 6.54 Å². The summed E-state index contributed by atoms with van der Waals surface area (Å²) < 4.78 is 44.4. The molecule has 2 atom stereocenters. The van der Waals surface area contributed by atoms with Crippen molar-refractivity contribution in [3.05, 3.63) is 11.8 Å². The second-order valence-corrected chi connectivity index (χ2v) is 10.3. The molecule has 4 aliphatic rings. The first-order chi connectivity index (χ1) is 15.0. The zero-order chi connectivity index (χ0) is 23.1. The number of alkyl halides is 3. The van der Waals surface area contributed by atoms with Gasteiger partial charge in [-0.15, -0.1) is 12.4 Å². The fourth-order valence-electron chi connectivity index (χ4n) is 5.95. The van der Waals surface area contributed by atoms with Crippen LogP contribution in [0.25, 0.3) is 0 Å². The lowest BCUT2D eigenvalue weighted by Gasteiger charge is -2.58. The second kappa shape index (κ2) is 10.00. The second-order valence-electron chi connectivity index (χ2n) is 10.3. The van der Waals surface area contributed by atoms with Gasteiger partial charge in [0.2, 0.25) is 5.88 Å². The van der Waals surface area contributed by atoms with Crippen LogP contribution in [0.15, 0.2) is 6.20 Å². The Balaban J connectivity index is 0.00000306. The largest absolute Gasteiger partial charge is 0.477 e. The summed E-state index contributed by atoms with van der Waals surface area (Å²) in [4.78, 5) is 13.2. The van der Waals surface area contributed by atoms with E-state index in [9.17, 15) is 23.1 Å². The van der Waals surface area contributed by atoms with Crippen LogP contribution in [0.1, 0.15) is 56.3 Å². The molecule has 5 rings (SSSR count). The minimum atomic E-state index is -4.28. The van der Waals surface area contributed by atoms with Crippen molar-refractivity contribution in [2.24, 2.45) is 23.7 Å². The highest BCUT2D eigenvalue weighted by Gasteiger charge is 2.55. The Morgan fingerprint density at radius 1 is 1.30 bits per heavy atom. The number of amides is 1. The Morgan fingerprint density at radius 2 is 1.97 bits per heavy atom. The van der Waals surface area contributed by atoms with Crippen molar-refractivity contribution in [3.8, 4) is 5.88 Å². The molecule has 1 heterocycles. The minimum absolute atomic E-state index is 0. The highest BCUT2D eigenvalue weighted by Crippen LogP contribution is 2.55. The number of hydrogen-bond acceptors (Lipinski definition) is 5. The van der Waals surface area contributed by atoms with Crippen molar-refractivity contribution in [3.63, 3.8) is 0 Å². The summed E-state index contributed by atoms with van der Waals surface area (Å²) in [6, 6.07) is 0.0223. The van der Waals surface area contributed by atoms with Gasteiger partial charge in [-0.05, 0) is 55.8 Å². The van der Waals surface area contributed by atoms with Crippen LogP contribution in [-0.4, -0.2) is 58.3 Å². The van der Waals surface area contributed by atoms with E-state index in [0.29, 0.717) is 18.1 Å². The first-order valence-electron chi connectivity index (χ1n) is 11.5. The summed E-state index contributed by atoms with van der Waals surface area (Å²) in [6.45, 7) is 3.44. The first kappa shape index (κ1) is 26.1. The summed E-state index contributed by atoms with van der Waals surface area (Å²) in [6.07, 6.45) is 1.55. The Bertz CT molecular complexity index is 816. The lowest BCUT2D eigenvalue weighted by atomic mass is 9.52. The first-order valence-corrected chi connectivity index (χ1v) is 11.5. The number of aromatic nitrogens is 2. The molecule has 3 N–H and O–H groups in total. The molecule has 0 spiro atoms. The summed E-state index contributed by atoms with van der Waals surface area (Å²) in [5, 5.41) is 20.5. The van der Waals surface area contributed by atoms with Gasteiger partial charge in [0.05, 0.1) is 31.5 Å². The van der Waals surface area contributed by atoms with Crippen LogP contribution in [0, 0.1) is 23.7 Å². The zero-order valence-electron chi connectivity index (χ0n) is 19.0. The quantitative estimate of drug-likeness (QED) is 0.459. The summed E-state index contributed by atoms with van der Waals surface area (Å²) >= 11 is 0. The molecule has 2 unspecified atom stereocenters. The fraction of sp³-hybridized carbons (Fsp3) is 0.818. The van der Waals surface area contributed by atoms with Gasteiger partial charge < -0.3 is 20.5 Å². The Hall–Kier alpha value is -1.52. The average molecular weight is 495 g/mol. The number of nitrogens with zero attached hydrogens (tertiary/aromatic N) is 2. The predicted molar refractivity (Wildman–Crippen MR) is 118 cm³/mol. The molecule has 33 heavy (non-hydrogen) atoms. The molecule has 4 bridgehead atoms. The predicted octanol–water partition coefficient (Wildman–Crippen LogP) is 3.16. The fourth-order valence-corrected chi connectivity index (χ4v) is 5.95. The van der Waals surface area contributed by atoms with Gasteiger partial charge in [0, 0.05) is 12.6 Å². The van der Waals surface area contributed by atoms with Crippen LogP contribution in [0.3, 0.4) is 0 Å². The highest BCUT2D eigenvalue weighted by molar-refractivity contribution is 5.96. The van der Waals surface area contributed by atoms with Crippen molar-refractivity contribution in [2.75, 3.05) is 19.7 Å². The molecule has 4 fully saturated rings. The summed E-state index contributed by atoms with van der Waals surface area (Å²) in [7, 11) is 0. The number of halogens is 4. The third-order valence-electron chi connectivity index (χ3n) is 6.95. The van der Waals surface area contributed by atoms with E-state index in [1.165, 1.54) is 10.9 Å². The Morgan fingerprint density at radius 3 is 2.55 bits per heavy atom. The molecule has 0 aliphatic heterocycles. The summed E-state index contributed by atoms with van der Waals surface area (Å²) in [5.74, 6) is 1.31. The average Bonchev–Trinajstić information content (AvgIpc) is 3.07. The molecule has 0 saturated heterocycles. The van der Waals surface area contributed by atoms with E-state index in [0.717, 1.165) is 32.1 Å². The monoisotopic (exact) mass is 494 g/mol. The van der Waals surface area contributed by atoms with Gasteiger partial charge in [-0.2, -0.15) is 18.3 Å². The standard InChI is InChI=1S/C22H33F3N4O3.ClH/c1-13(2)11-32-20-17(10-27-29(20)4-3-26-12-22(23,24)25)19(30)28-18-15-5-14-6-16(18)9-21(31,7-14)8-15;/h10,13-16,18,26,31H,3-9,11-12H2,1-2H3,(H,28,30);1H. The normalized spacial score (nSPS) is 30.4. The van der Waals surface area contributed by atoms with Crippen LogP contribution < -0.4 is 15.4 Å². The smallest absolute Gasteiger partial charge is 0.401 e. The molecule has 1 amide bonds. The van der Waals surface area contributed by atoms with E-state index in [2.05, 4.69) is 15.7 Å². The molecule has 0 aromatic carbocycles. The molecule has 1 aromatic rings. The molecular formula is C22H34ClF3N4O3. The maximum atomic E-state index is 13.2. The molecular weight excluding hydrogens is 461 g/mol. The van der Waals surface area contributed by atoms with Gasteiger partial charge >= 0.3 is 6.18 Å². The molecule has 4 aliphatic carbocycles. The molecule has 1 aromatic heterocycles. The maximum absolute atomic E-state index is 13.2. The van der Waals surface area contributed by atoms with Crippen LogP contribution in [0.5, 0.6) is 5.88 Å². The van der Waals surface area contributed by atoms with Gasteiger partial charge in [0.15, 0.2) is 0 Å². The van der Waals surface area contributed by atoms with E-state index >= 15 is 0 Å². The lowest BCUT2D eigenvalue weighted by Crippen LogP contribution is -2.61. The number of rotatable bonds is 9. The van der Waals surface area contributed by atoms with E-state index in [1.54, 1.807) is 0 Å². The van der Waals surface area contributed by atoms with Crippen molar-refractivity contribution in [1.82, 2.24) is 20.4 Å². The van der Waals surface area contributed by atoms with Crippen LogP contribution in [0.2, 0.25) is 0 Å². The van der Waals surface area contributed by atoms with Crippen molar-refractivity contribution >= 4 is 18.3 Å². The summed E-state index contributed by atoms with van der Waals surface area (Å²) in [5.41, 5.74) is -0.272. The van der Waals surface area contributed by atoms with Crippen molar-refractivity contribution in [1.29, 1.82) is 0 Å². The zero-order valence-corrected chi connectivity index (χ0v) is 19.8. The topological polar surface area (TPSA) is 88.4 Å². The number of aliphatic hydroxyl groups is 1. The van der Waals surface area contributed by atoms with Gasteiger partial charge in [-0.1, -0.05) is 13.8 Å². The SMILES string of the molecule is CC(C)COc1c(C(=O)NC2C3CC4CC2CC(O)(C4)C3)cnn1CCNCC(F)(F)F.Cl. The molecule has 4 saturated carbocycles. The highest BCUT2D eigenvalue weighted by atomic mass is 35.5. The van der Waals surface area contributed by atoms with Crippen LogP contribution >= 0.6 is 12.4 Å². The van der Waals surface area contributed by atoms with Crippen molar-refractivity contribution < 1.29 is 27.8 Å². The van der Waals surface area contributed by atoms with E-state index < -0.39 is 18.3 Å². The van der Waals surface area contributed by atoms with Gasteiger partial charge in [0.25, 0.3) is 5.91 Å². The molecule has 7 nitrogen and oxygen atoms in total. The van der Waals surface area contributed by atoms with Gasteiger partial charge in [0.1, 0.15) is 5.56 Å². The number of ether oxygens (including phenoxy) is 1. The number of carbonyl (C=O) groups excluding carboxylic acids is 1. The maximum Gasteiger partial charge on any atom is 0.401 e. The molecule has 11 heteroatoms. The Kier molecular flexibility index (Phi) is 7.90. The number of hydrogen-bond donors (Lipinski definition) is 3.